The number of carbonyl (C=O) groups excluding carboxylic acids is 4. The molecule has 1 saturated heterocycles. The Hall–Kier alpha value is -2.03. The van der Waals surface area contributed by atoms with E-state index in [4.69, 9.17) is 11.6 Å². The second-order valence-corrected chi connectivity index (χ2v) is 10.6. The van der Waals surface area contributed by atoms with Gasteiger partial charge >= 0.3 is 0 Å². The zero-order valence-electron chi connectivity index (χ0n) is 16.8. The normalized spacial score (nSPS) is 24.9. The van der Waals surface area contributed by atoms with Gasteiger partial charge in [-0.05, 0) is 25.0 Å². The third-order valence-corrected chi connectivity index (χ3v) is 8.92. The van der Waals surface area contributed by atoms with Gasteiger partial charge in [0.1, 0.15) is 6.54 Å². The Balaban J connectivity index is 1.71. The zero-order chi connectivity index (χ0) is 23.0. The quantitative estimate of drug-likeness (QED) is 0.296. The summed E-state index contributed by atoms with van der Waals surface area (Å²) in [4.78, 5) is 53.1. The Morgan fingerprint density at radius 1 is 0.906 bits per heavy atom. The van der Waals surface area contributed by atoms with Crippen LogP contribution in [0.2, 0.25) is 5.02 Å². The highest BCUT2D eigenvalue weighted by Crippen LogP contribution is 2.43. The number of Topliss-reactive ketones (excluding diaryl/α,β-unsaturated/α-hetero) is 1. The number of rotatable bonds is 5. The Bertz CT molecular complexity index is 1050. The van der Waals surface area contributed by atoms with E-state index in [1.165, 1.54) is 6.07 Å². The van der Waals surface area contributed by atoms with E-state index in [-0.39, 0.29) is 20.2 Å². The minimum atomic E-state index is -0.675. The molecule has 0 N–H and O–H groups in total. The first kappa shape index (κ1) is 23.1. The molecular weight excluding hydrogens is 564 g/mol. The minimum absolute atomic E-state index is 0.0270. The van der Waals surface area contributed by atoms with E-state index in [1.54, 1.807) is 48.5 Å². The molecule has 4 rings (SSSR count). The maximum absolute atomic E-state index is 13.5. The van der Waals surface area contributed by atoms with Crippen LogP contribution in [-0.4, -0.2) is 49.7 Å². The fraction of sp³-hybridized carbons (Fsp3) is 0.304. The van der Waals surface area contributed by atoms with Gasteiger partial charge in [-0.1, -0.05) is 85.9 Å². The first-order valence-corrected chi connectivity index (χ1v) is 12.3. The third kappa shape index (κ3) is 4.28. The zero-order valence-corrected chi connectivity index (χ0v) is 20.7. The summed E-state index contributed by atoms with van der Waals surface area (Å²) in [5, 5.41) is 1.99. The predicted molar refractivity (Wildman–Crippen MR) is 127 cm³/mol. The maximum Gasteiger partial charge on any atom is 0.274 e. The van der Waals surface area contributed by atoms with Gasteiger partial charge in [0.2, 0.25) is 0 Å². The van der Waals surface area contributed by atoms with Gasteiger partial charge in [-0.2, -0.15) is 5.01 Å². The van der Waals surface area contributed by atoms with Gasteiger partial charge < -0.3 is 0 Å². The Morgan fingerprint density at radius 3 is 2.00 bits per heavy atom. The van der Waals surface area contributed by atoms with Gasteiger partial charge in [0.15, 0.2) is 5.78 Å². The van der Waals surface area contributed by atoms with Crippen molar-refractivity contribution >= 4 is 67.0 Å². The van der Waals surface area contributed by atoms with E-state index < -0.39 is 41.9 Å². The number of benzene rings is 2. The van der Waals surface area contributed by atoms with Crippen molar-refractivity contribution in [2.75, 3.05) is 6.54 Å². The van der Waals surface area contributed by atoms with E-state index in [9.17, 15) is 19.2 Å². The van der Waals surface area contributed by atoms with Gasteiger partial charge in [0, 0.05) is 15.2 Å². The molecular formula is C23H19Br2ClN2O4. The summed E-state index contributed by atoms with van der Waals surface area (Å²) in [6.45, 7) is -0.458. The van der Waals surface area contributed by atoms with Gasteiger partial charge in [-0.25, -0.2) is 5.01 Å². The molecule has 1 saturated carbocycles. The van der Waals surface area contributed by atoms with E-state index in [0.29, 0.717) is 18.4 Å². The molecule has 1 aliphatic heterocycles. The third-order valence-electron chi connectivity index (χ3n) is 5.86. The molecule has 1 aliphatic carbocycles. The van der Waals surface area contributed by atoms with Crippen LogP contribution in [0.15, 0.2) is 54.6 Å². The lowest BCUT2D eigenvalue weighted by Crippen LogP contribution is -2.52. The number of carbonyl (C=O) groups is 4. The first-order valence-electron chi connectivity index (χ1n) is 10.1. The van der Waals surface area contributed by atoms with Crippen LogP contribution in [0.1, 0.15) is 33.6 Å². The molecule has 9 heteroatoms. The molecule has 0 unspecified atom stereocenters. The molecule has 4 atom stereocenters. The first-order chi connectivity index (χ1) is 15.3. The van der Waals surface area contributed by atoms with Crippen LogP contribution in [0, 0.1) is 11.8 Å². The molecule has 0 radical (unpaired) electrons. The number of hydrazine groups is 1. The summed E-state index contributed by atoms with van der Waals surface area (Å²) < 4.78 is 0. The summed E-state index contributed by atoms with van der Waals surface area (Å²) in [6, 6.07) is 14.8. The van der Waals surface area contributed by atoms with Gasteiger partial charge in [0.05, 0.1) is 22.4 Å². The molecule has 32 heavy (non-hydrogen) atoms. The van der Waals surface area contributed by atoms with E-state index >= 15 is 0 Å². The molecule has 2 aromatic carbocycles. The number of fused-ring (bicyclic) bond motifs is 1. The van der Waals surface area contributed by atoms with Crippen LogP contribution in [0.4, 0.5) is 0 Å². The molecule has 1 heterocycles. The average Bonchev–Trinajstić information content (AvgIpc) is 3.02. The van der Waals surface area contributed by atoms with E-state index in [1.807, 2.05) is 0 Å². The van der Waals surface area contributed by atoms with Crippen molar-refractivity contribution in [1.82, 2.24) is 10.0 Å². The van der Waals surface area contributed by atoms with Crippen molar-refractivity contribution in [1.29, 1.82) is 0 Å². The Morgan fingerprint density at radius 2 is 1.44 bits per heavy atom. The number of imide groups is 1. The van der Waals surface area contributed by atoms with Gasteiger partial charge in [-0.3, -0.25) is 19.2 Å². The SMILES string of the molecule is O=C(CN(C(=O)c1ccccc1Cl)N1C(=O)[C@@H]2C[C@@H](Br)[C@@H](Br)C[C@H]2C1=O)c1ccccc1. The topological polar surface area (TPSA) is 74.8 Å². The van der Waals surface area contributed by atoms with Gasteiger partial charge in [0.25, 0.3) is 17.7 Å². The van der Waals surface area contributed by atoms with Crippen molar-refractivity contribution in [2.24, 2.45) is 11.8 Å². The Kier molecular flexibility index (Phi) is 6.83. The van der Waals surface area contributed by atoms with Crippen molar-refractivity contribution in [2.45, 2.75) is 22.5 Å². The lowest BCUT2D eigenvalue weighted by atomic mass is 9.81. The summed E-state index contributed by atoms with van der Waals surface area (Å²) in [5.74, 6) is -3.09. The molecule has 3 amide bonds. The van der Waals surface area contributed by atoms with Crippen LogP contribution >= 0.6 is 43.5 Å². The molecule has 2 fully saturated rings. The molecule has 0 aromatic heterocycles. The standard InChI is InChI=1S/C23H19Br2ClN2O4/c24-17-10-15-16(11-18(17)25)23(32)28(22(15)31)27(12-20(29)13-6-2-1-3-7-13)21(30)14-8-4-5-9-19(14)26/h1-9,15-18H,10-12H2/t15-,16-,17-,18+/m1/s1. The highest BCUT2D eigenvalue weighted by molar-refractivity contribution is 9.12. The summed E-state index contributed by atoms with van der Waals surface area (Å²) in [7, 11) is 0. The number of amides is 3. The number of halogens is 3. The molecule has 2 aliphatic rings. The monoisotopic (exact) mass is 580 g/mol. The summed E-state index contributed by atoms with van der Waals surface area (Å²) >= 11 is 13.3. The van der Waals surface area contributed by atoms with Crippen molar-refractivity contribution < 1.29 is 19.2 Å². The van der Waals surface area contributed by atoms with Crippen LogP contribution in [0.3, 0.4) is 0 Å². The predicted octanol–water partition coefficient (Wildman–Crippen LogP) is 4.50. The molecule has 2 aromatic rings. The number of alkyl halides is 2. The average molecular weight is 583 g/mol. The molecule has 6 nitrogen and oxygen atoms in total. The van der Waals surface area contributed by atoms with Crippen molar-refractivity contribution in [3.8, 4) is 0 Å². The maximum atomic E-state index is 13.5. The van der Waals surface area contributed by atoms with E-state index in [0.717, 1.165) is 10.0 Å². The number of hydrogen-bond donors (Lipinski definition) is 0. The van der Waals surface area contributed by atoms with E-state index in [2.05, 4.69) is 31.9 Å². The molecule has 0 bridgehead atoms. The van der Waals surface area contributed by atoms with Crippen LogP contribution in [0.5, 0.6) is 0 Å². The molecule has 166 valence electrons. The van der Waals surface area contributed by atoms with Crippen LogP contribution < -0.4 is 0 Å². The van der Waals surface area contributed by atoms with Crippen LogP contribution in [-0.2, 0) is 9.59 Å². The highest BCUT2D eigenvalue weighted by atomic mass is 79.9. The number of nitrogens with zero attached hydrogens (tertiary/aromatic N) is 2. The highest BCUT2D eigenvalue weighted by Gasteiger charge is 2.54. The lowest BCUT2D eigenvalue weighted by Gasteiger charge is -2.30. The smallest absolute Gasteiger partial charge is 0.274 e. The number of ketones is 1. The van der Waals surface area contributed by atoms with Crippen molar-refractivity contribution in [3.05, 3.63) is 70.7 Å². The lowest BCUT2D eigenvalue weighted by molar-refractivity contribution is -0.154. The molecule has 0 spiro atoms. The summed E-state index contributed by atoms with van der Waals surface area (Å²) in [6.07, 6.45) is 0.921. The second-order valence-electron chi connectivity index (χ2n) is 7.84. The largest absolute Gasteiger partial charge is 0.292 e. The van der Waals surface area contributed by atoms with Crippen LogP contribution in [0.25, 0.3) is 0 Å². The minimum Gasteiger partial charge on any atom is -0.292 e. The summed E-state index contributed by atoms with van der Waals surface area (Å²) in [5.41, 5.74) is 0.490. The van der Waals surface area contributed by atoms with Gasteiger partial charge in [-0.15, -0.1) is 0 Å². The fourth-order valence-electron chi connectivity index (χ4n) is 4.17. The second kappa shape index (κ2) is 9.45. The Labute approximate surface area is 207 Å². The number of hydrogen-bond acceptors (Lipinski definition) is 4. The fourth-order valence-corrected chi connectivity index (χ4v) is 5.63. The van der Waals surface area contributed by atoms with Crippen molar-refractivity contribution in [3.63, 3.8) is 0 Å².